The molecule has 0 bridgehead atoms. The smallest absolute Gasteiger partial charge is 0.251 e. The Kier molecular flexibility index (Phi) is 7.14. The van der Waals surface area contributed by atoms with Gasteiger partial charge in [0.2, 0.25) is 5.91 Å². The third kappa shape index (κ3) is 6.30. The summed E-state index contributed by atoms with van der Waals surface area (Å²) in [6.45, 7) is 2.65. The van der Waals surface area contributed by atoms with Gasteiger partial charge < -0.3 is 16.0 Å². The van der Waals surface area contributed by atoms with Gasteiger partial charge in [0.1, 0.15) is 0 Å². The van der Waals surface area contributed by atoms with Gasteiger partial charge in [-0.3, -0.25) is 9.59 Å². The molecule has 29 heavy (non-hydrogen) atoms. The molecule has 3 N–H and O–H groups in total. The van der Waals surface area contributed by atoms with E-state index < -0.39 is 0 Å². The van der Waals surface area contributed by atoms with Gasteiger partial charge in [-0.15, -0.1) is 0 Å². The van der Waals surface area contributed by atoms with Crippen LogP contribution in [-0.4, -0.2) is 18.4 Å². The van der Waals surface area contributed by atoms with Gasteiger partial charge in [-0.1, -0.05) is 66.7 Å². The van der Waals surface area contributed by atoms with Crippen LogP contribution in [0.2, 0.25) is 0 Å². The van der Waals surface area contributed by atoms with Crippen LogP contribution in [0.25, 0.3) is 0 Å². The fourth-order valence-electron chi connectivity index (χ4n) is 2.93. The van der Waals surface area contributed by atoms with Crippen LogP contribution in [0.15, 0.2) is 84.9 Å². The molecule has 2 amide bonds. The Morgan fingerprint density at radius 2 is 1.55 bits per heavy atom. The van der Waals surface area contributed by atoms with Crippen molar-refractivity contribution in [3.63, 3.8) is 0 Å². The van der Waals surface area contributed by atoms with Crippen molar-refractivity contribution in [1.82, 2.24) is 10.6 Å². The average molecular weight is 387 g/mol. The number of anilines is 1. The van der Waals surface area contributed by atoms with E-state index in [4.69, 9.17) is 0 Å². The van der Waals surface area contributed by atoms with Crippen molar-refractivity contribution in [3.8, 4) is 0 Å². The molecule has 0 spiro atoms. The molecule has 0 fully saturated rings. The van der Waals surface area contributed by atoms with Crippen molar-refractivity contribution in [3.05, 3.63) is 102 Å². The topological polar surface area (TPSA) is 70.2 Å². The zero-order valence-corrected chi connectivity index (χ0v) is 16.4. The van der Waals surface area contributed by atoms with Crippen LogP contribution in [0, 0.1) is 0 Å². The normalized spacial score (nSPS) is 11.5. The molecule has 0 saturated carbocycles. The molecule has 3 aromatic carbocycles. The second kappa shape index (κ2) is 10.2. The largest absolute Gasteiger partial charge is 0.348 e. The molecule has 0 aliphatic carbocycles. The lowest BCUT2D eigenvalue weighted by Gasteiger charge is -2.14. The number of nitrogens with one attached hydrogen (secondary N) is 3. The highest BCUT2D eigenvalue weighted by Crippen LogP contribution is 2.12. The van der Waals surface area contributed by atoms with Crippen LogP contribution in [0.1, 0.15) is 34.5 Å². The number of rotatable bonds is 8. The van der Waals surface area contributed by atoms with Crippen LogP contribution < -0.4 is 16.0 Å². The van der Waals surface area contributed by atoms with Crippen molar-refractivity contribution < 1.29 is 9.59 Å². The predicted octanol–water partition coefficient (Wildman–Crippen LogP) is 3.91. The van der Waals surface area contributed by atoms with E-state index in [1.807, 2.05) is 67.6 Å². The SMILES string of the molecule is CC(NCC(=O)Nc1cccc(C(=O)NCc2ccccc2)c1)c1ccccc1. The minimum absolute atomic E-state index is 0.0667. The van der Waals surface area contributed by atoms with Crippen molar-refractivity contribution in [2.45, 2.75) is 19.5 Å². The number of hydrogen-bond donors (Lipinski definition) is 3. The average Bonchev–Trinajstić information content (AvgIpc) is 2.77. The lowest BCUT2D eigenvalue weighted by Crippen LogP contribution is -2.30. The highest BCUT2D eigenvalue weighted by molar-refractivity contribution is 5.97. The van der Waals surface area contributed by atoms with E-state index in [1.165, 1.54) is 0 Å². The van der Waals surface area contributed by atoms with E-state index in [9.17, 15) is 9.59 Å². The Labute approximate surface area is 171 Å². The van der Waals surface area contributed by atoms with Crippen molar-refractivity contribution >= 4 is 17.5 Å². The molecule has 0 heterocycles. The minimum Gasteiger partial charge on any atom is -0.348 e. The summed E-state index contributed by atoms with van der Waals surface area (Å²) in [4.78, 5) is 24.7. The predicted molar refractivity (Wildman–Crippen MR) is 116 cm³/mol. The minimum atomic E-state index is -0.180. The molecule has 3 aromatic rings. The molecule has 0 aromatic heterocycles. The van der Waals surface area contributed by atoms with Crippen molar-refractivity contribution in [2.24, 2.45) is 0 Å². The fourth-order valence-corrected chi connectivity index (χ4v) is 2.93. The van der Waals surface area contributed by atoms with Gasteiger partial charge in [0, 0.05) is 23.8 Å². The summed E-state index contributed by atoms with van der Waals surface area (Å²) < 4.78 is 0. The molecule has 148 valence electrons. The Balaban J connectivity index is 1.51. The quantitative estimate of drug-likeness (QED) is 0.549. The Morgan fingerprint density at radius 1 is 0.862 bits per heavy atom. The first-order valence-electron chi connectivity index (χ1n) is 9.62. The third-order valence-corrected chi connectivity index (χ3v) is 4.57. The van der Waals surface area contributed by atoms with Gasteiger partial charge in [-0.2, -0.15) is 0 Å². The molecule has 0 aliphatic heterocycles. The third-order valence-electron chi connectivity index (χ3n) is 4.57. The van der Waals surface area contributed by atoms with E-state index in [1.54, 1.807) is 24.3 Å². The summed E-state index contributed by atoms with van der Waals surface area (Å²) in [5.41, 5.74) is 3.25. The first-order chi connectivity index (χ1) is 14.1. The highest BCUT2D eigenvalue weighted by atomic mass is 16.2. The van der Waals surface area contributed by atoms with E-state index in [0.29, 0.717) is 17.8 Å². The summed E-state index contributed by atoms with van der Waals surface area (Å²) in [5.74, 6) is -0.338. The summed E-state index contributed by atoms with van der Waals surface area (Å²) in [6.07, 6.45) is 0. The molecule has 5 heteroatoms. The molecule has 0 saturated heterocycles. The molecule has 0 aliphatic rings. The molecular formula is C24H25N3O2. The van der Waals surface area contributed by atoms with E-state index in [2.05, 4.69) is 16.0 Å². The molecule has 5 nitrogen and oxygen atoms in total. The van der Waals surface area contributed by atoms with Crippen LogP contribution in [0.4, 0.5) is 5.69 Å². The Morgan fingerprint density at radius 3 is 2.28 bits per heavy atom. The van der Waals surface area contributed by atoms with E-state index in [0.717, 1.165) is 11.1 Å². The van der Waals surface area contributed by atoms with Gasteiger partial charge in [0.25, 0.3) is 5.91 Å². The number of amides is 2. The Bertz CT molecular complexity index is 943. The maximum absolute atomic E-state index is 12.4. The lowest BCUT2D eigenvalue weighted by molar-refractivity contribution is -0.115. The Hall–Kier alpha value is -3.44. The van der Waals surface area contributed by atoms with Crippen LogP contribution in [-0.2, 0) is 11.3 Å². The molecule has 0 radical (unpaired) electrons. The lowest BCUT2D eigenvalue weighted by atomic mass is 10.1. The first kappa shape index (κ1) is 20.3. The molecule has 1 unspecified atom stereocenters. The van der Waals surface area contributed by atoms with Crippen molar-refractivity contribution in [1.29, 1.82) is 0 Å². The van der Waals surface area contributed by atoms with Gasteiger partial charge in [-0.25, -0.2) is 0 Å². The summed E-state index contributed by atoms with van der Waals surface area (Å²) in [5, 5.41) is 8.93. The highest BCUT2D eigenvalue weighted by Gasteiger charge is 2.10. The van der Waals surface area contributed by atoms with Gasteiger partial charge >= 0.3 is 0 Å². The molecule has 1 atom stereocenters. The summed E-state index contributed by atoms with van der Waals surface area (Å²) >= 11 is 0. The maximum Gasteiger partial charge on any atom is 0.251 e. The first-order valence-corrected chi connectivity index (χ1v) is 9.62. The summed E-state index contributed by atoms with van der Waals surface area (Å²) in [6, 6.07) is 26.7. The zero-order chi connectivity index (χ0) is 20.5. The molecular weight excluding hydrogens is 362 g/mol. The van der Waals surface area contributed by atoms with Gasteiger partial charge in [0.15, 0.2) is 0 Å². The number of carbonyl (C=O) groups is 2. The number of benzene rings is 3. The fraction of sp³-hybridized carbons (Fsp3) is 0.167. The van der Waals surface area contributed by atoms with E-state index >= 15 is 0 Å². The second-order valence-electron chi connectivity index (χ2n) is 6.81. The van der Waals surface area contributed by atoms with E-state index in [-0.39, 0.29) is 24.4 Å². The van der Waals surface area contributed by atoms with Crippen molar-refractivity contribution in [2.75, 3.05) is 11.9 Å². The standard InChI is InChI=1S/C24H25N3O2/c1-18(20-11-6-3-7-12-20)25-17-23(28)27-22-14-8-13-21(15-22)24(29)26-16-19-9-4-2-5-10-19/h2-15,18,25H,16-17H2,1H3,(H,26,29)(H,27,28). The van der Waals surface area contributed by atoms with Crippen LogP contribution in [0.5, 0.6) is 0 Å². The monoisotopic (exact) mass is 387 g/mol. The van der Waals surface area contributed by atoms with Gasteiger partial charge in [-0.05, 0) is 36.2 Å². The van der Waals surface area contributed by atoms with Gasteiger partial charge in [0.05, 0.1) is 6.54 Å². The second-order valence-corrected chi connectivity index (χ2v) is 6.81. The van der Waals surface area contributed by atoms with Crippen LogP contribution in [0.3, 0.4) is 0 Å². The van der Waals surface area contributed by atoms with Crippen LogP contribution >= 0.6 is 0 Å². The summed E-state index contributed by atoms with van der Waals surface area (Å²) in [7, 11) is 0. The molecule has 3 rings (SSSR count). The zero-order valence-electron chi connectivity index (χ0n) is 16.4. The number of hydrogen-bond acceptors (Lipinski definition) is 3. The maximum atomic E-state index is 12.4. The number of carbonyl (C=O) groups excluding carboxylic acids is 2.